The van der Waals surface area contributed by atoms with Crippen LogP contribution < -0.4 is 5.73 Å². The van der Waals surface area contributed by atoms with Gasteiger partial charge in [-0.1, -0.05) is 25.4 Å². The van der Waals surface area contributed by atoms with Gasteiger partial charge in [-0.3, -0.25) is 4.79 Å². The Labute approximate surface area is 113 Å². The Morgan fingerprint density at radius 3 is 2.50 bits per heavy atom. The molecule has 98 valence electrons. The highest BCUT2D eigenvalue weighted by atomic mass is 35.5. The van der Waals surface area contributed by atoms with E-state index in [1.165, 1.54) is 6.42 Å². The van der Waals surface area contributed by atoms with Gasteiger partial charge in [0.15, 0.2) is 0 Å². The first-order chi connectivity index (χ1) is 8.47. The highest BCUT2D eigenvalue weighted by Crippen LogP contribution is 2.25. The Balaban J connectivity index is 2.20. The predicted molar refractivity (Wildman–Crippen MR) is 74.7 cm³/mol. The number of amides is 1. The van der Waals surface area contributed by atoms with E-state index in [1.807, 2.05) is 4.90 Å². The summed E-state index contributed by atoms with van der Waals surface area (Å²) in [7, 11) is 0. The lowest BCUT2D eigenvalue weighted by Crippen LogP contribution is -2.42. The van der Waals surface area contributed by atoms with Crippen LogP contribution in [-0.2, 0) is 0 Å². The van der Waals surface area contributed by atoms with Gasteiger partial charge in [0.05, 0.1) is 5.56 Å². The Bertz CT molecular complexity index is 451. The molecule has 0 saturated carbocycles. The molecule has 2 rings (SSSR count). The maximum atomic E-state index is 12.4. The van der Waals surface area contributed by atoms with E-state index in [0.717, 1.165) is 13.1 Å². The summed E-state index contributed by atoms with van der Waals surface area (Å²) in [5, 5.41) is 0.560. The largest absolute Gasteiger partial charge is 0.398 e. The van der Waals surface area contributed by atoms with E-state index in [4.69, 9.17) is 17.3 Å². The van der Waals surface area contributed by atoms with Crippen LogP contribution in [0.15, 0.2) is 18.2 Å². The lowest BCUT2D eigenvalue weighted by Gasteiger charge is -2.35. The van der Waals surface area contributed by atoms with Crippen molar-refractivity contribution in [2.45, 2.75) is 20.3 Å². The maximum Gasteiger partial charge on any atom is 0.255 e. The Hall–Kier alpha value is -1.22. The third kappa shape index (κ3) is 2.78. The summed E-state index contributed by atoms with van der Waals surface area (Å²) in [5.74, 6) is 1.11. The van der Waals surface area contributed by atoms with Gasteiger partial charge in [0.25, 0.3) is 5.91 Å². The molecule has 2 atom stereocenters. The van der Waals surface area contributed by atoms with Crippen LogP contribution in [0.1, 0.15) is 30.6 Å². The number of nitrogens with zero attached hydrogens (tertiary/aromatic N) is 1. The lowest BCUT2D eigenvalue weighted by atomic mass is 9.91. The topological polar surface area (TPSA) is 46.3 Å². The van der Waals surface area contributed by atoms with E-state index in [9.17, 15) is 4.79 Å². The molecule has 0 spiro atoms. The minimum absolute atomic E-state index is 0.0163. The van der Waals surface area contributed by atoms with Crippen molar-refractivity contribution in [2.75, 3.05) is 18.8 Å². The molecule has 1 amide bonds. The highest BCUT2D eigenvalue weighted by Gasteiger charge is 2.26. The molecule has 0 bridgehead atoms. The second-order valence-electron chi connectivity index (χ2n) is 5.39. The summed E-state index contributed by atoms with van der Waals surface area (Å²) in [5.41, 5.74) is 6.88. The molecule has 0 unspecified atom stereocenters. The van der Waals surface area contributed by atoms with Gasteiger partial charge in [0, 0.05) is 23.8 Å². The van der Waals surface area contributed by atoms with Crippen LogP contribution in [0.3, 0.4) is 0 Å². The Kier molecular flexibility index (Phi) is 3.81. The number of carbonyl (C=O) groups is 1. The summed E-state index contributed by atoms with van der Waals surface area (Å²) < 4.78 is 0. The molecule has 0 aromatic heterocycles. The second-order valence-corrected chi connectivity index (χ2v) is 5.82. The molecular weight excluding hydrogens is 248 g/mol. The third-order valence-corrected chi connectivity index (χ3v) is 3.64. The number of hydrogen-bond acceptors (Lipinski definition) is 2. The SMILES string of the molecule is C[C@H]1C[C@H](C)CN(C(=O)c2ccc(Cl)cc2N)C1. The minimum atomic E-state index is 0.0163. The molecule has 1 heterocycles. The number of hydrogen-bond donors (Lipinski definition) is 1. The molecule has 1 aliphatic rings. The summed E-state index contributed by atoms with van der Waals surface area (Å²) in [6.07, 6.45) is 1.18. The second kappa shape index (κ2) is 5.19. The van der Waals surface area contributed by atoms with E-state index >= 15 is 0 Å². The van der Waals surface area contributed by atoms with E-state index < -0.39 is 0 Å². The first-order valence-electron chi connectivity index (χ1n) is 6.31. The quantitative estimate of drug-likeness (QED) is 0.794. The number of halogens is 1. The molecule has 0 radical (unpaired) electrons. The van der Waals surface area contributed by atoms with Gasteiger partial charge >= 0.3 is 0 Å². The molecule has 4 heteroatoms. The van der Waals surface area contributed by atoms with Crippen LogP contribution >= 0.6 is 11.6 Å². The number of benzene rings is 1. The maximum absolute atomic E-state index is 12.4. The van der Waals surface area contributed by atoms with Crippen LogP contribution in [0.4, 0.5) is 5.69 Å². The lowest BCUT2D eigenvalue weighted by molar-refractivity contribution is 0.0624. The van der Waals surface area contributed by atoms with Crippen LogP contribution in [0.25, 0.3) is 0 Å². The van der Waals surface area contributed by atoms with Gasteiger partial charge < -0.3 is 10.6 Å². The van der Waals surface area contributed by atoms with Crippen molar-refractivity contribution in [1.82, 2.24) is 4.90 Å². The van der Waals surface area contributed by atoms with E-state index in [2.05, 4.69) is 13.8 Å². The van der Waals surface area contributed by atoms with Gasteiger partial charge in [-0.2, -0.15) is 0 Å². The van der Waals surface area contributed by atoms with E-state index in [-0.39, 0.29) is 5.91 Å². The van der Waals surface area contributed by atoms with Gasteiger partial charge in [-0.05, 0) is 36.5 Å². The number of likely N-dealkylation sites (tertiary alicyclic amines) is 1. The first-order valence-corrected chi connectivity index (χ1v) is 6.69. The number of piperidine rings is 1. The fourth-order valence-corrected chi connectivity index (χ4v) is 2.91. The molecule has 1 saturated heterocycles. The predicted octanol–water partition coefficient (Wildman–Crippen LogP) is 3.04. The minimum Gasteiger partial charge on any atom is -0.398 e. The average Bonchev–Trinajstić information content (AvgIpc) is 2.26. The number of carbonyl (C=O) groups excluding carboxylic acids is 1. The molecule has 1 aromatic rings. The number of rotatable bonds is 1. The Morgan fingerprint density at radius 1 is 1.33 bits per heavy atom. The van der Waals surface area contributed by atoms with E-state index in [1.54, 1.807) is 18.2 Å². The fraction of sp³-hybridized carbons (Fsp3) is 0.500. The molecular formula is C14H19ClN2O. The molecule has 0 aliphatic carbocycles. The van der Waals surface area contributed by atoms with Crippen LogP contribution in [0.2, 0.25) is 5.02 Å². The third-order valence-electron chi connectivity index (χ3n) is 3.40. The van der Waals surface area contributed by atoms with Crippen molar-refractivity contribution in [2.24, 2.45) is 11.8 Å². The molecule has 1 aliphatic heterocycles. The zero-order valence-electron chi connectivity index (χ0n) is 10.8. The monoisotopic (exact) mass is 266 g/mol. The fourth-order valence-electron chi connectivity index (χ4n) is 2.73. The first kappa shape index (κ1) is 13.2. The van der Waals surface area contributed by atoms with Crippen LogP contribution in [0.5, 0.6) is 0 Å². The smallest absolute Gasteiger partial charge is 0.255 e. The van der Waals surface area contributed by atoms with Gasteiger partial charge in [-0.15, -0.1) is 0 Å². The standard InChI is InChI=1S/C14H19ClN2O/c1-9-5-10(2)8-17(7-9)14(18)12-4-3-11(15)6-13(12)16/h3-4,6,9-10H,5,7-8,16H2,1-2H3/t9-,10-/m0/s1. The number of nitrogen functional groups attached to an aromatic ring is 1. The van der Waals surface area contributed by atoms with Crippen molar-refractivity contribution in [3.8, 4) is 0 Å². The van der Waals surface area contributed by atoms with Gasteiger partial charge in [-0.25, -0.2) is 0 Å². The van der Waals surface area contributed by atoms with Crippen molar-refractivity contribution in [3.63, 3.8) is 0 Å². The van der Waals surface area contributed by atoms with E-state index in [0.29, 0.717) is 28.1 Å². The van der Waals surface area contributed by atoms with Gasteiger partial charge in [0.2, 0.25) is 0 Å². The number of anilines is 1. The highest BCUT2D eigenvalue weighted by molar-refractivity contribution is 6.31. The molecule has 1 aromatic carbocycles. The van der Waals surface area contributed by atoms with Crippen LogP contribution in [-0.4, -0.2) is 23.9 Å². The summed E-state index contributed by atoms with van der Waals surface area (Å²) in [6.45, 7) is 5.98. The molecule has 2 N–H and O–H groups in total. The van der Waals surface area contributed by atoms with Crippen molar-refractivity contribution in [1.29, 1.82) is 0 Å². The zero-order chi connectivity index (χ0) is 13.3. The van der Waals surface area contributed by atoms with Crippen molar-refractivity contribution in [3.05, 3.63) is 28.8 Å². The molecule has 18 heavy (non-hydrogen) atoms. The zero-order valence-corrected chi connectivity index (χ0v) is 11.6. The van der Waals surface area contributed by atoms with Crippen molar-refractivity contribution >= 4 is 23.2 Å². The Morgan fingerprint density at radius 2 is 1.94 bits per heavy atom. The van der Waals surface area contributed by atoms with Crippen molar-refractivity contribution < 1.29 is 4.79 Å². The molecule has 1 fully saturated rings. The number of nitrogens with two attached hydrogens (primary N) is 1. The van der Waals surface area contributed by atoms with Gasteiger partial charge in [0.1, 0.15) is 0 Å². The summed E-state index contributed by atoms with van der Waals surface area (Å²) in [4.78, 5) is 14.3. The summed E-state index contributed by atoms with van der Waals surface area (Å²) in [6, 6.07) is 5.05. The average molecular weight is 267 g/mol. The summed E-state index contributed by atoms with van der Waals surface area (Å²) >= 11 is 5.85. The van der Waals surface area contributed by atoms with Crippen LogP contribution in [0, 0.1) is 11.8 Å². The normalized spacial score (nSPS) is 24.1. The molecule has 3 nitrogen and oxygen atoms in total.